The highest BCUT2D eigenvalue weighted by molar-refractivity contribution is 5.46. The second-order valence-electron chi connectivity index (χ2n) is 4.44. The topological polar surface area (TPSA) is 12.0 Å². The minimum Gasteiger partial charge on any atom is -0.317 e. The summed E-state index contributed by atoms with van der Waals surface area (Å²) < 4.78 is 0. The molecule has 1 N–H and O–H groups in total. The van der Waals surface area contributed by atoms with Crippen molar-refractivity contribution in [3.63, 3.8) is 0 Å². The molecule has 1 aromatic carbocycles. The SMILES string of the molecule is C=C(/C=c1/ccccc1=C)C1CCNCC1. The Kier molecular flexibility index (Phi) is 3.58. The third kappa shape index (κ3) is 2.61. The molecule has 0 amide bonds. The van der Waals surface area contributed by atoms with Crippen molar-refractivity contribution >= 4 is 12.7 Å². The minimum atomic E-state index is 0.640. The molecule has 1 aliphatic heterocycles. The molecule has 0 aliphatic carbocycles. The maximum absolute atomic E-state index is 4.20. The van der Waals surface area contributed by atoms with Gasteiger partial charge in [0.1, 0.15) is 0 Å². The van der Waals surface area contributed by atoms with Crippen molar-refractivity contribution in [2.45, 2.75) is 12.8 Å². The van der Waals surface area contributed by atoms with E-state index in [4.69, 9.17) is 0 Å². The molecular formula is C15H19N. The van der Waals surface area contributed by atoms with Crippen LogP contribution in [0.1, 0.15) is 12.8 Å². The quantitative estimate of drug-likeness (QED) is 0.784. The third-order valence-electron chi connectivity index (χ3n) is 3.26. The van der Waals surface area contributed by atoms with Gasteiger partial charge in [0, 0.05) is 0 Å². The molecule has 1 heterocycles. The number of allylic oxidation sites excluding steroid dienone is 1. The van der Waals surface area contributed by atoms with E-state index in [0.29, 0.717) is 5.92 Å². The molecule has 0 saturated carbocycles. The smallest absolute Gasteiger partial charge is 0.00431 e. The van der Waals surface area contributed by atoms with Crippen LogP contribution in [-0.4, -0.2) is 13.1 Å². The summed E-state index contributed by atoms with van der Waals surface area (Å²) in [6.07, 6.45) is 4.60. The van der Waals surface area contributed by atoms with Crippen molar-refractivity contribution in [3.05, 3.63) is 46.9 Å². The van der Waals surface area contributed by atoms with E-state index < -0.39 is 0 Å². The van der Waals surface area contributed by atoms with E-state index in [-0.39, 0.29) is 0 Å². The van der Waals surface area contributed by atoms with Crippen molar-refractivity contribution in [1.29, 1.82) is 0 Å². The van der Waals surface area contributed by atoms with Crippen molar-refractivity contribution in [1.82, 2.24) is 5.32 Å². The first-order valence-electron chi connectivity index (χ1n) is 5.92. The van der Waals surface area contributed by atoms with Gasteiger partial charge < -0.3 is 5.32 Å². The molecule has 2 rings (SSSR count). The second kappa shape index (κ2) is 5.13. The molecule has 1 saturated heterocycles. The van der Waals surface area contributed by atoms with Gasteiger partial charge in [-0.05, 0) is 42.3 Å². The summed E-state index contributed by atoms with van der Waals surface area (Å²) in [4.78, 5) is 0. The summed E-state index contributed by atoms with van der Waals surface area (Å²) in [6, 6.07) is 8.22. The van der Waals surface area contributed by atoms with Crippen LogP contribution in [-0.2, 0) is 0 Å². The lowest BCUT2D eigenvalue weighted by molar-refractivity contribution is 0.428. The average Bonchev–Trinajstić information content (AvgIpc) is 2.33. The molecule has 84 valence electrons. The molecule has 1 aromatic rings. The van der Waals surface area contributed by atoms with Crippen molar-refractivity contribution < 1.29 is 0 Å². The molecule has 0 bridgehead atoms. The third-order valence-corrected chi connectivity index (χ3v) is 3.26. The summed E-state index contributed by atoms with van der Waals surface area (Å²) >= 11 is 0. The molecule has 0 spiro atoms. The molecule has 16 heavy (non-hydrogen) atoms. The zero-order valence-corrected chi connectivity index (χ0v) is 9.71. The molecule has 1 fully saturated rings. The number of benzene rings is 1. The van der Waals surface area contributed by atoms with E-state index in [9.17, 15) is 0 Å². The highest BCUT2D eigenvalue weighted by Gasteiger charge is 2.13. The van der Waals surface area contributed by atoms with Crippen LogP contribution >= 0.6 is 0 Å². The van der Waals surface area contributed by atoms with Crippen LogP contribution in [0.4, 0.5) is 0 Å². The normalized spacial score (nSPS) is 18.6. The molecule has 0 atom stereocenters. The van der Waals surface area contributed by atoms with Gasteiger partial charge in [-0.3, -0.25) is 0 Å². The Labute approximate surface area is 97.2 Å². The van der Waals surface area contributed by atoms with Gasteiger partial charge in [0.15, 0.2) is 0 Å². The van der Waals surface area contributed by atoms with Gasteiger partial charge in [-0.15, -0.1) is 0 Å². The van der Waals surface area contributed by atoms with Crippen LogP contribution in [0.3, 0.4) is 0 Å². The van der Waals surface area contributed by atoms with Gasteiger partial charge in [-0.25, -0.2) is 0 Å². The molecule has 0 aromatic heterocycles. The molecule has 1 nitrogen and oxygen atoms in total. The largest absolute Gasteiger partial charge is 0.317 e. The predicted molar refractivity (Wildman–Crippen MR) is 70.4 cm³/mol. The maximum atomic E-state index is 4.20. The summed E-state index contributed by atoms with van der Waals surface area (Å²) in [5, 5.41) is 5.66. The number of nitrogens with one attached hydrogen (secondary N) is 1. The highest BCUT2D eigenvalue weighted by atomic mass is 14.9. The van der Waals surface area contributed by atoms with Crippen LogP contribution < -0.4 is 15.8 Å². The van der Waals surface area contributed by atoms with Crippen LogP contribution in [0.5, 0.6) is 0 Å². The van der Waals surface area contributed by atoms with Crippen molar-refractivity contribution in [2.24, 2.45) is 5.92 Å². The molecular weight excluding hydrogens is 194 g/mol. The Bertz CT molecular complexity index is 466. The first-order valence-corrected chi connectivity index (χ1v) is 5.92. The summed E-state index contributed by atoms with van der Waals surface area (Å²) in [5.41, 5.74) is 1.25. The molecule has 0 unspecified atom stereocenters. The van der Waals surface area contributed by atoms with E-state index in [1.807, 2.05) is 12.1 Å². The lowest BCUT2D eigenvalue weighted by Gasteiger charge is -2.22. The van der Waals surface area contributed by atoms with Gasteiger partial charge in [-0.1, -0.05) is 49.1 Å². The summed E-state index contributed by atoms with van der Waals surface area (Å²) in [6.45, 7) is 10.5. The van der Waals surface area contributed by atoms with E-state index in [2.05, 4.69) is 36.7 Å². The fourth-order valence-corrected chi connectivity index (χ4v) is 2.19. The van der Waals surface area contributed by atoms with Gasteiger partial charge in [0.05, 0.1) is 0 Å². The highest BCUT2D eigenvalue weighted by Crippen LogP contribution is 2.20. The number of rotatable bonds is 2. The fourth-order valence-electron chi connectivity index (χ4n) is 2.19. The van der Waals surface area contributed by atoms with Crippen LogP contribution in [0.2, 0.25) is 0 Å². The van der Waals surface area contributed by atoms with Crippen molar-refractivity contribution in [2.75, 3.05) is 13.1 Å². The monoisotopic (exact) mass is 213 g/mol. The number of hydrogen-bond acceptors (Lipinski definition) is 1. The Morgan fingerprint density at radius 1 is 1.25 bits per heavy atom. The zero-order valence-electron chi connectivity index (χ0n) is 9.71. The maximum Gasteiger partial charge on any atom is -0.00431 e. The number of piperidine rings is 1. The van der Waals surface area contributed by atoms with Gasteiger partial charge >= 0.3 is 0 Å². The molecule has 1 heteroatoms. The van der Waals surface area contributed by atoms with E-state index in [1.165, 1.54) is 23.6 Å². The number of hydrogen-bond donors (Lipinski definition) is 1. The lowest BCUT2D eigenvalue weighted by Crippen LogP contribution is -2.29. The van der Waals surface area contributed by atoms with Crippen LogP contribution in [0.25, 0.3) is 12.7 Å². The minimum absolute atomic E-state index is 0.640. The first-order chi connectivity index (χ1) is 7.77. The molecule has 0 radical (unpaired) electrons. The Morgan fingerprint density at radius 3 is 2.62 bits per heavy atom. The fraction of sp³-hybridized carbons (Fsp3) is 0.333. The standard InChI is InChI=1S/C15H19N/c1-12-5-3-4-6-15(12)11-13(2)14-7-9-16-10-8-14/h3-6,11,14,16H,1-2,7-10H2/b15-11-. The summed E-state index contributed by atoms with van der Waals surface area (Å²) in [5.74, 6) is 0.640. The second-order valence-corrected chi connectivity index (χ2v) is 4.44. The predicted octanol–water partition coefficient (Wildman–Crippen LogP) is 1.43. The van der Waals surface area contributed by atoms with Gasteiger partial charge in [0.25, 0.3) is 0 Å². The van der Waals surface area contributed by atoms with Crippen LogP contribution in [0.15, 0.2) is 36.4 Å². The van der Waals surface area contributed by atoms with Gasteiger partial charge in [0.2, 0.25) is 0 Å². The van der Waals surface area contributed by atoms with E-state index in [1.54, 1.807) is 0 Å². The van der Waals surface area contributed by atoms with Gasteiger partial charge in [-0.2, -0.15) is 0 Å². The Hall–Kier alpha value is -1.34. The Balaban J connectivity index is 2.20. The lowest BCUT2D eigenvalue weighted by atomic mass is 9.90. The first kappa shape index (κ1) is 11.2. The van der Waals surface area contributed by atoms with Crippen molar-refractivity contribution in [3.8, 4) is 0 Å². The average molecular weight is 213 g/mol. The Morgan fingerprint density at radius 2 is 1.94 bits per heavy atom. The summed E-state index contributed by atoms with van der Waals surface area (Å²) in [7, 11) is 0. The van der Waals surface area contributed by atoms with E-state index >= 15 is 0 Å². The van der Waals surface area contributed by atoms with E-state index in [0.717, 1.165) is 18.3 Å². The zero-order chi connectivity index (χ0) is 11.4. The van der Waals surface area contributed by atoms with Crippen LogP contribution in [0, 0.1) is 5.92 Å². The molecule has 1 aliphatic rings.